The van der Waals surface area contributed by atoms with Gasteiger partial charge < -0.3 is 13.3 Å². The molecule has 1 atom stereocenters. The van der Waals surface area contributed by atoms with E-state index < -0.39 is 37.0 Å². The second kappa shape index (κ2) is 7.21. The van der Waals surface area contributed by atoms with Crippen molar-refractivity contribution < 1.29 is 22.9 Å². The van der Waals surface area contributed by atoms with Gasteiger partial charge in [-0.1, -0.05) is 0 Å². The molecule has 0 aromatic heterocycles. The normalized spacial score (nSPS) is 14.5. The molecule has 5 nitrogen and oxygen atoms in total. The predicted molar refractivity (Wildman–Crippen MR) is 91.7 cm³/mol. The summed E-state index contributed by atoms with van der Waals surface area (Å²) in [7, 11) is -5.94. The average molecular weight is 351 g/mol. The summed E-state index contributed by atoms with van der Waals surface area (Å²) in [6.07, 6.45) is -0.926. The maximum Gasteiger partial charge on any atom is 0.321 e. The summed E-state index contributed by atoms with van der Waals surface area (Å²) < 4.78 is 16.7. The first-order chi connectivity index (χ1) is 9.09. The minimum absolute atomic E-state index is 0.0716. The van der Waals surface area contributed by atoms with Crippen LogP contribution >= 0.6 is 0 Å². The first-order valence-electron chi connectivity index (χ1n) is 7.22. The summed E-state index contributed by atoms with van der Waals surface area (Å²) >= 11 is 0. The molecule has 0 fully saturated rings. The van der Waals surface area contributed by atoms with E-state index in [4.69, 9.17) is 13.3 Å². The van der Waals surface area contributed by atoms with Gasteiger partial charge in [0.05, 0.1) is 6.42 Å². The maximum absolute atomic E-state index is 12.3. The third-order valence-corrected chi connectivity index (χ3v) is 4.58. The van der Waals surface area contributed by atoms with Gasteiger partial charge in [-0.25, -0.2) is 0 Å². The lowest BCUT2D eigenvalue weighted by Gasteiger charge is -2.28. The maximum atomic E-state index is 12.3. The molecule has 0 spiro atoms. The summed E-state index contributed by atoms with van der Waals surface area (Å²) in [6, 6.07) is 0. The summed E-state index contributed by atoms with van der Waals surface area (Å²) in [6.45, 7) is 17.5. The molecule has 0 bridgehead atoms. The van der Waals surface area contributed by atoms with Crippen LogP contribution in [0, 0.1) is 0 Å². The Kier molecular flexibility index (Phi) is 7.05. The fraction of sp³-hybridized carbons (Fsp3) is 0.846. The van der Waals surface area contributed by atoms with Gasteiger partial charge in [-0.05, 0) is 58.9 Å². The van der Waals surface area contributed by atoms with E-state index in [2.05, 4.69) is 0 Å². The van der Waals surface area contributed by atoms with E-state index in [0.29, 0.717) is 0 Å². The van der Waals surface area contributed by atoms with E-state index in [1.165, 1.54) is 0 Å². The van der Waals surface area contributed by atoms with Crippen LogP contribution in [0.1, 0.15) is 6.42 Å². The molecule has 0 N–H and O–H groups in total. The highest BCUT2D eigenvalue weighted by atomic mass is 28.4. The zero-order valence-corrected chi connectivity index (χ0v) is 17.8. The van der Waals surface area contributed by atoms with Crippen LogP contribution in [0.25, 0.3) is 0 Å². The molecule has 0 rings (SSSR count). The van der Waals surface area contributed by atoms with Crippen LogP contribution in [-0.4, -0.2) is 43.0 Å². The minimum atomic E-state index is -2.01. The van der Waals surface area contributed by atoms with Gasteiger partial charge in [-0.3, -0.25) is 9.59 Å². The molecule has 21 heavy (non-hydrogen) atoms. The third-order valence-electron chi connectivity index (χ3n) is 1.94. The number of hydrogen-bond acceptors (Lipinski definition) is 5. The lowest BCUT2D eigenvalue weighted by molar-refractivity contribution is -0.149. The second-order valence-electron chi connectivity index (χ2n) is 8.04. The van der Waals surface area contributed by atoms with Gasteiger partial charge in [0.1, 0.15) is 0 Å². The molecule has 124 valence electrons. The Balaban J connectivity index is 4.91. The van der Waals surface area contributed by atoms with Crippen molar-refractivity contribution in [3.05, 3.63) is 0 Å². The summed E-state index contributed by atoms with van der Waals surface area (Å²) in [5.41, 5.74) is 0. The molecule has 0 amide bonds. The third kappa shape index (κ3) is 11.8. The lowest BCUT2D eigenvalue weighted by Crippen LogP contribution is -2.43. The van der Waals surface area contributed by atoms with Gasteiger partial charge in [0, 0.05) is 0 Å². The second-order valence-corrected chi connectivity index (χ2v) is 21.4. The topological polar surface area (TPSA) is 61.8 Å². The lowest BCUT2D eigenvalue weighted by atomic mass is 10.3. The van der Waals surface area contributed by atoms with E-state index in [-0.39, 0.29) is 12.4 Å². The van der Waals surface area contributed by atoms with Crippen LogP contribution in [0.2, 0.25) is 58.9 Å². The van der Waals surface area contributed by atoms with Crippen molar-refractivity contribution in [2.24, 2.45) is 0 Å². The van der Waals surface area contributed by atoms with E-state index in [0.717, 1.165) is 0 Å². The smallest absolute Gasteiger partial charge is 0.321 e. The highest BCUT2D eigenvalue weighted by molar-refractivity contribution is 6.72. The van der Waals surface area contributed by atoms with Gasteiger partial charge >= 0.3 is 5.97 Å². The Bertz CT molecular complexity index is 377. The monoisotopic (exact) mass is 350 g/mol. The number of carbonyl (C=O) groups excluding carboxylic acids is 2. The van der Waals surface area contributed by atoms with E-state index >= 15 is 0 Å². The summed E-state index contributed by atoms with van der Waals surface area (Å²) in [5.74, 6) is -0.825. The highest BCUT2D eigenvalue weighted by Crippen LogP contribution is 2.16. The SMILES string of the molecule is C[Si](C)(C)OC(=O)C[C@H](O[Si](C)(C)C)C(=O)O[Si](C)(C)C. The molecule has 0 aliphatic heterocycles. The van der Waals surface area contributed by atoms with Crippen LogP contribution < -0.4 is 0 Å². The molecule has 0 aromatic rings. The molecule has 0 aliphatic rings. The van der Waals surface area contributed by atoms with Crippen molar-refractivity contribution in [1.29, 1.82) is 0 Å². The van der Waals surface area contributed by atoms with Gasteiger partial charge in [0.15, 0.2) is 14.4 Å². The standard InChI is InChI=1S/C13H30O5Si3/c1-19(2,3)16-11(13(15)18-21(7,8)9)10-12(14)17-20(4,5)6/h11H,10H2,1-9H3/t11-/m0/s1. The molecule has 0 unspecified atom stereocenters. The molecule has 0 heterocycles. The quantitative estimate of drug-likeness (QED) is 0.659. The molecule has 8 heteroatoms. The zero-order valence-electron chi connectivity index (χ0n) is 14.8. The van der Waals surface area contributed by atoms with Gasteiger partial charge in [-0.2, -0.15) is 0 Å². The summed E-state index contributed by atoms with van der Waals surface area (Å²) in [5, 5.41) is 0. The average Bonchev–Trinajstić information content (AvgIpc) is 2.07. The Morgan fingerprint density at radius 2 is 1.19 bits per heavy atom. The van der Waals surface area contributed by atoms with Crippen molar-refractivity contribution in [3.63, 3.8) is 0 Å². The summed E-state index contributed by atoms with van der Waals surface area (Å²) in [4.78, 5) is 24.2. The van der Waals surface area contributed by atoms with E-state index in [1.807, 2.05) is 58.9 Å². The van der Waals surface area contributed by atoms with Crippen LogP contribution in [-0.2, 0) is 22.9 Å². The Labute approximate surface area is 131 Å². The van der Waals surface area contributed by atoms with Crippen LogP contribution in [0.3, 0.4) is 0 Å². The first kappa shape index (κ1) is 20.6. The molecule has 0 radical (unpaired) electrons. The van der Waals surface area contributed by atoms with Crippen LogP contribution in [0.15, 0.2) is 0 Å². The predicted octanol–water partition coefficient (Wildman–Crippen LogP) is 3.35. The number of carbonyl (C=O) groups is 2. The fourth-order valence-corrected chi connectivity index (χ4v) is 4.04. The zero-order chi connectivity index (χ0) is 17.1. The Morgan fingerprint density at radius 3 is 1.52 bits per heavy atom. The van der Waals surface area contributed by atoms with E-state index in [9.17, 15) is 9.59 Å². The molecule has 0 saturated heterocycles. The molecular formula is C13H30O5Si3. The fourth-order valence-electron chi connectivity index (χ4n) is 1.50. The van der Waals surface area contributed by atoms with Crippen molar-refractivity contribution >= 4 is 36.9 Å². The van der Waals surface area contributed by atoms with Gasteiger partial charge in [0.25, 0.3) is 5.97 Å². The van der Waals surface area contributed by atoms with Crippen LogP contribution in [0.4, 0.5) is 0 Å². The van der Waals surface area contributed by atoms with Crippen molar-refractivity contribution in [3.8, 4) is 0 Å². The van der Waals surface area contributed by atoms with Crippen molar-refractivity contribution in [1.82, 2.24) is 0 Å². The first-order valence-corrected chi connectivity index (χ1v) is 17.4. The van der Waals surface area contributed by atoms with Crippen LogP contribution in [0.5, 0.6) is 0 Å². The molecule has 0 aliphatic carbocycles. The Morgan fingerprint density at radius 1 is 0.762 bits per heavy atom. The molecular weight excluding hydrogens is 320 g/mol. The van der Waals surface area contributed by atoms with Gasteiger partial charge in [-0.15, -0.1) is 0 Å². The number of hydrogen-bond donors (Lipinski definition) is 0. The molecule has 0 aromatic carbocycles. The van der Waals surface area contributed by atoms with Crippen molar-refractivity contribution in [2.75, 3.05) is 0 Å². The Hall–Kier alpha value is -0.449. The largest absolute Gasteiger partial charge is 0.520 e. The number of rotatable bonds is 7. The molecule has 0 saturated carbocycles. The van der Waals surface area contributed by atoms with E-state index in [1.54, 1.807) is 0 Å². The highest BCUT2D eigenvalue weighted by Gasteiger charge is 2.34. The van der Waals surface area contributed by atoms with Crippen molar-refractivity contribution in [2.45, 2.75) is 71.4 Å². The minimum Gasteiger partial charge on any atom is -0.520 e. The van der Waals surface area contributed by atoms with Gasteiger partial charge in [0.2, 0.25) is 16.6 Å².